The number of benzene rings is 1. The molecule has 0 spiro atoms. The van der Waals surface area contributed by atoms with E-state index in [4.69, 9.17) is 0 Å². The van der Waals surface area contributed by atoms with Crippen molar-refractivity contribution in [2.75, 3.05) is 19.6 Å². The van der Waals surface area contributed by atoms with Crippen molar-refractivity contribution in [2.24, 2.45) is 0 Å². The summed E-state index contributed by atoms with van der Waals surface area (Å²) in [6, 6.07) is 7.44. The Kier molecular flexibility index (Phi) is 5.07. The molecule has 0 radical (unpaired) electrons. The molecule has 1 aromatic rings. The number of hydrogen-bond acceptors (Lipinski definition) is 2. The van der Waals surface area contributed by atoms with E-state index in [1.54, 1.807) is 4.90 Å². The summed E-state index contributed by atoms with van der Waals surface area (Å²) in [6.07, 6.45) is 0.525. The molecule has 0 bridgehead atoms. The van der Waals surface area contributed by atoms with Gasteiger partial charge in [-0.25, -0.2) is 8.78 Å². The quantitative estimate of drug-likeness (QED) is 0.904. The third-order valence-corrected chi connectivity index (χ3v) is 4.54. The Bertz CT molecular complexity index is 553. The van der Waals surface area contributed by atoms with E-state index < -0.39 is 18.5 Å². The van der Waals surface area contributed by atoms with Gasteiger partial charge in [0.15, 0.2) is 0 Å². The molecule has 0 saturated carbocycles. The SMILES string of the molecule is Cc1ccccc1C1CCN(C(=O)C2CC(F)(F)CN2)C1.Cl. The van der Waals surface area contributed by atoms with Crippen LogP contribution in [-0.4, -0.2) is 42.4 Å². The Hall–Kier alpha value is -1.20. The number of rotatable bonds is 2. The molecule has 3 rings (SSSR count). The number of halogens is 3. The van der Waals surface area contributed by atoms with Crippen LogP contribution in [0.2, 0.25) is 0 Å². The van der Waals surface area contributed by atoms with Gasteiger partial charge in [-0.1, -0.05) is 24.3 Å². The molecule has 1 amide bonds. The van der Waals surface area contributed by atoms with E-state index in [1.165, 1.54) is 11.1 Å². The van der Waals surface area contributed by atoms with E-state index in [-0.39, 0.29) is 24.7 Å². The van der Waals surface area contributed by atoms with Gasteiger partial charge in [0.1, 0.15) is 0 Å². The zero-order valence-corrected chi connectivity index (χ0v) is 13.3. The van der Waals surface area contributed by atoms with Crippen LogP contribution in [0.15, 0.2) is 24.3 Å². The van der Waals surface area contributed by atoms with Gasteiger partial charge in [-0.05, 0) is 24.5 Å². The molecule has 2 aliphatic heterocycles. The standard InChI is InChI=1S/C16H20F2N2O.ClH/c1-11-4-2-3-5-13(11)12-6-7-20(9-12)15(21)14-8-16(17,18)10-19-14;/h2-5,12,14,19H,6-10H2,1H3;1H. The number of amides is 1. The maximum atomic E-state index is 13.2. The lowest BCUT2D eigenvalue weighted by molar-refractivity contribution is -0.132. The smallest absolute Gasteiger partial charge is 0.262 e. The fourth-order valence-corrected chi connectivity index (χ4v) is 3.37. The monoisotopic (exact) mass is 330 g/mol. The highest BCUT2D eigenvalue weighted by atomic mass is 35.5. The molecule has 1 N–H and O–H groups in total. The number of aryl methyl sites for hydroxylation is 1. The van der Waals surface area contributed by atoms with Gasteiger partial charge in [-0.15, -0.1) is 12.4 Å². The molecule has 2 aliphatic rings. The predicted octanol–water partition coefficient (Wildman–Crippen LogP) is 2.73. The minimum Gasteiger partial charge on any atom is -0.341 e. The molecular formula is C16H21ClF2N2O. The number of alkyl halides is 2. The van der Waals surface area contributed by atoms with Crippen LogP contribution >= 0.6 is 12.4 Å². The fraction of sp³-hybridized carbons (Fsp3) is 0.562. The summed E-state index contributed by atoms with van der Waals surface area (Å²) < 4.78 is 26.4. The normalized spacial score (nSPS) is 26.8. The van der Waals surface area contributed by atoms with Crippen molar-refractivity contribution >= 4 is 18.3 Å². The van der Waals surface area contributed by atoms with E-state index in [0.29, 0.717) is 19.0 Å². The van der Waals surface area contributed by atoms with Crippen LogP contribution in [0.3, 0.4) is 0 Å². The Labute approximate surface area is 135 Å². The molecule has 2 fully saturated rings. The molecule has 2 heterocycles. The first-order chi connectivity index (χ1) is 9.96. The molecule has 6 heteroatoms. The largest absolute Gasteiger partial charge is 0.341 e. The zero-order chi connectivity index (χ0) is 15.0. The average molecular weight is 331 g/mol. The first kappa shape index (κ1) is 17.2. The van der Waals surface area contributed by atoms with Crippen molar-refractivity contribution < 1.29 is 13.6 Å². The molecule has 0 aromatic heterocycles. The predicted molar refractivity (Wildman–Crippen MR) is 83.7 cm³/mol. The molecule has 0 aliphatic carbocycles. The van der Waals surface area contributed by atoms with Crippen molar-refractivity contribution in [2.45, 2.75) is 37.6 Å². The van der Waals surface area contributed by atoms with Gasteiger partial charge >= 0.3 is 0 Å². The summed E-state index contributed by atoms with van der Waals surface area (Å²) in [6.45, 7) is 2.96. The van der Waals surface area contributed by atoms with Crippen molar-refractivity contribution in [1.82, 2.24) is 10.2 Å². The number of nitrogens with one attached hydrogen (secondary N) is 1. The molecule has 3 nitrogen and oxygen atoms in total. The fourth-order valence-electron chi connectivity index (χ4n) is 3.37. The summed E-state index contributed by atoms with van der Waals surface area (Å²) in [4.78, 5) is 14.1. The van der Waals surface area contributed by atoms with Gasteiger partial charge in [0, 0.05) is 25.4 Å². The third-order valence-electron chi connectivity index (χ3n) is 4.54. The summed E-state index contributed by atoms with van der Waals surface area (Å²) in [5, 5.41) is 2.65. The van der Waals surface area contributed by atoms with E-state index in [2.05, 4.69) is 24.4 Å². The second kappa shape index (κ2) is 6.50. The second-order valence-electron chi connectivity index (χ2n) is 6.12. The van der Waals surface area contributed by atoms with Crippen LogP contribution in [0.4, 0.5) is 8.78 Å². The molecule has 122 valence electrons. The minimum absolute atomic E-state index is 0. The number of carbonyl (C=O) groups excluding carboxylic acids is 1. The minimum atomic E-state index is -2.75. The Morgan fingerprint density at radius 3 is 2.73 bits per heavy atom. The van der Waals surface area contributed by atoms with Crippen LogP contribution in [0, 0.1) is 6.92 Å². The van der Waals surface area contributed by atoms with Gasteiger partial charge in [-0.3, -0.25) is 10.1 Å². The van der Waals surface area contributed by atoms with E-state index >= 15 is 0 Å². The highest BCUT2D eigenvalue weighted by Gasteiger charge is 2.44. The number of likely N-dealkylation sites (tertiary alicyclic amines) is 1. The van der Waals surface area contributed by atoms with E-state index in [0.717, 1.165) is 6.42 Å². The second-order valence-corrected chi connectivity index (χ2v) is 6.12. The highest BCUT2D eigenvalue weighted by molar-refractivity contribution is 5.85. The topological polar surface area (TPSA) is 32.3 Å². The van der Waals surface area contributed by atoms with Gasteiger partial charge in [0.2, 0.25) is 5.91 Å². The maximum Gasteiger partial charge on any atom is 0.262 e. The third kappa shape index (κ3) is 3.41. The van der Waals surface area contributed by atoms with Gasteiger partial charge < -0.3 is 4.90 Å². The maximum absolute atomic E-state index is 13.2. The molecular weight excluding hydrogens is 310 g/mol. The summed E-state index contributed by atoms with van der Waals surface area (Å²) in [5.41, 5.74) is 2.49. The number of nitrogens with zero attached hydrogens (tertiary/aromatic N) is 1. The van der Waals surface area contributed by atoms with Gasteiger partial charge in [-0.2, -0.15) is 0 Å². The van der Waals surface area contributed by atoms with Crippen LogP contribution in [0.1, 0.15) is 29.9 Å². The lowest BCUT2D eigenvalue weighted by atomic mass is 9.94. The molecule has 2 atom stereocenters. The van der Waals surface area contributed by atoms with Crippen LogP contribution in [0.25, 0.3) is 0 Å². The lowest BCUT2D eigenvalue weighted by Crippen LogP contribution is -2.42. The van der Waals surface area contributed by atoms with Gasteiger partial charge in [0.25, 0.3) is 5.92 Å². The van der Waals surface area contributed by atoms with Crippen molar-refractivity contribution in [3.63, 3.8) is 0 Å². The summed E-state index contributed by atoms with van der Waals surface area (Å²) >= 11 is 0. The van der Waals surface area contributed by atoms with Crippen LogP contribution in [0.5, 0.6) is 0 Å². The van der Waals surface area contributed by atoms with Crippen LogP contribution < -0.4 is 5.32 Å². The highest BCUT2D eigenvalue weighted by Crippen LogP contribution is 2.31. The lowest BCUT2D eigenvalue weighted by Gasteiger charge is -2.21. The van der Waals surface area contributed by atoms with Gasteiger partial charge in [0.05, 0.1) is 12.6 Å². The first-order valence-corrected chi connectivity index (χ1v) is 7.42. The summed E-state index contributed by atoms with van der Waals surface area (Å²) in [7, 11) is 0. The average Bonchev–Trinajstić information content (AvgIpc) is 3.05. The summed E-state index contributed by atoms with van der Waals surface area (Å²) in [5.74, 6) is -2.62. The number of hydrogen-bond donors (Lipinski definition) is 1. The van der Waals surface area contributed by atoms with Crippen molar-refractivity contribution in [1.29, 1.82) is 0 Å². The van der Waals surface area contributed by atoms with Crippen LogP contribution in [-0.2, 0) is 4.79 Å². The zero-order valence-electron chi connectivity index (χ0n) is 12.5. The van der Waals surface area contributed by atoms with Crippen molar-refractivity contribution in [3.05, 3.63) is 35.4 Å². The molecule has 1 aromatic carbocycles. The molecule has 22 heavy (non-hydrogen) atoms. The van der Waals surface area contributed by atoms with Crippen molar-refractivity contribution in [3.8, 4) is 0 Å². The molecule has 2 saturated heterocycles. The molecule has 2 unspecified atom stereocenters. The Balaban J connectivity index is 0.00000176. The Morgan fingerprint density at radius 1 is 1.36 bits per heavy atom. The van der Waals surface area contributed by atoms with E-state index in [1.807, 2.05) is 12.1 Å². The Morgan fingerprint density at radius 2 is 2.09 bits per heavy atom. The number of carbonyl (C=O) groups is 1. The van der Waals surface area contributed by atoms with E-state index in [9.17, 15) is 13.6 Å². The first-order valence-electron chi connectivity index (χ1n) is 7.42.